The van der Waals surface area contributed by atoms with Crippen LogP contribution in [0.1, 0.15) is 0 Å². The van der Waals surface area contributed by atoms with Gasteiger partial charge in [-0.05, 0) is 76.5 Å². The molecule has 9 aromatic rings. The van der Waals surface area contributed by atoms with Crippen LogP contribution in [-0.2, 0) is 0 Å². The van der Waals surface area contributed by atoms with Crippen molar-refractivity contribution in [3.8, 4) is 11.1 Å². The third-order valence-corrected chi connectivity index (χ3v) is 9.67. The standard InChI is InChI=1S/C40H25NOS/c1-2-9-29(10-3-1)41(35-14-8-13-32-31-11-5-7-16-38(31)43-40(32)35)30-22-19-26(20-23-30)28-18-17-27-21-24-37-39(34(27)25-28)33-12-4-6-15-36(33)42-37/h1-25H. The topological polar surface area (TPSA) is 16.4 Å². The molecule has 0 bridgehead atoms. The van der Waals surface area contributed by atoms with Crippen LogP contribution in [0.4, 0.5) is 17.1 Å². The third kappa shape index (κ3) is 3.86. The number of hydrogen-bond acceptors (Lipinski definition) is 3. The van der Waals surface area contributed by atoms with E-state index in [1.807, 2.05) is 23.5 Å². The second-order valence-corrected chi connectivity index (χ2v) is 12.0. The van der Waals surface area contributed by atoms with Crippen molar-refractivity contribution in [1.82, 2.24) is 0 Å². The van der Waals surface area contributed by atoms with Gasteiger partial charge in [0.25, 0.3) is 0 Å². The summed E-state index contributed by atoms with van der Waals surface area (Å²) >= 11 is 1.86. The molecule has 2 heterocycles. The predicted molar refractivity (Wildman–Crippen MR) is 184 cm³/mol. The second kappa shape index (κ2) is 9.59. The van der Waals surface area contributed by atoms with Gasteiger partial charge in [-0.25, -0.2) is 0 Å². The lowest BCUT2D eigenvalue weighted by molar-refractivity contribution is 0.669. The van der Waals surface area contributed by atoms with E-state index in [-0.39, 0.29) is 0 Å². The molecule has 3 heteroatoms. The zero-order valence-electron chi connectivity index (χ0n) is 23.2. The van der Waals surface area contributed by atoms with Crippen LogP contribution in [0.15, 0.2) is 156 Å². The predicted octanol–water partition coefficient (Wildman–Crippen LogP) is 12.2. The number of furan rings is 1. The molecule has 0 aliphatic heterocycles. The van der Waals surface area contributed by atoms with E-state index in [1.165, 1.54) is 53.1 Å². The van der Waals surface area contributed by atoms with Crippen LogP contribution in [0.25, 0.3) is 64.0 Å². The molecule has 7 aromatic carbocycles. The quantitative estimate of drug-likeness (QED) is 0.210. The first kappa shape index (κ1) is 24.2. The van der Waals surface area contributed by atoms with Gasteiger partial charge in [-0.1, -0.05) is 97.1 Å². The fraction of sp³-hybridized carbons (Fsp3) is 0. The molecule has 2 aromatic heterocycles. The molecule has 0 atom stereocenters. The highest BCUT2D eigenvalue weighted by Crippen LogP contribution is 2.45. The zero-order chi connectivity index (χ0) is 28.3. The van der Waals surface area contributed by atoms with Crippen LogP contribution in [0, 0.1) is 0 Å². The maximum absolute atomic E-state index is 6.18. The van der Waals surface area contributed by atoms with Crippen molar-refractivity contribution in [3.05, 3.63) is 152 Å². The molecule has 0 N–H and O–H groups in total. The lowest BCUT2D eigenvalue weighted by Gasteiger charge is -2.26. The molecule has 0 amide bonds. The molecular weight excluding hydrogens is 543 g/mol. The smallest absolute Gasteiger partial charge is 0.136 e. The molecule has 0 fully saturated rings. The van der Waals surface area contributed by atoms with Crippen LogP contribution in [0.2, 0.25) is 0 Å². The van der Waals surface area contributed by atoms with E-state index in [1.54, 1.807) is 0 Å². The Kier molecular flexibility index (Phi) is 5.40. The first-order chi connectivity index (χ1) is 21.3. The molecule has 0 saturated carbocycles. The Labute approximate surface area is 252 Å². The summed E-state index contributed by atoms with van der Waals surface area (Å²) in [5, 5.41) is 7.37. The molecule has 202 valence electrons. The average Bonchev–Trinajstić information content (AvgIpc) is 3.65. The van der Waals surface area contributed by atoms with Gasteiger partial charge in [-0.3, -0.25) is 0 Å². The summed E-state index contributed by atoms with van der Waals surface area (Å²) in [6.07, 6.45) is 0. The summed E-state index contributed by atoms with van der Waals surface area (Å²) in [6, 6.07) is 54.3. The maximum Gasteiger partial charge on any atom is 0.136 e. The number of thiophene rings is 1. The van der Waals surface area contributed by atoms with Gasteiger partial charge < -0.3 is 9.32 Å². The Morgan fingerprint density at radius 2 is 1.16 bits per heavy atom. The van der Waals surface area contributed by atoms with Crippen LogP contribution < -0.4 is 4.90 Å². The number of benzene rings is 7. The minimum absolute atomic E-state index is 0.925. The van der Waals surface area contributed by atoms with Gasteiger partial charge >= 0.3 is 0 Å². The van der Waals surface area contributed by atoms with Crippen LogP contribution in [-0.4, -0.2) is 0 Å². The Balaban J connectivity index is 1.18. The normalized spacial score (nSPS) is 11.7. The Bertz CT molecular complexity index is 2450. The highest BCUT2D eigenvalue weighted by atomic mass is 32.1. The van der Waals surface area contributed by atoms with E-state index in [0.717, 1.165) is 27.9 Å². The van der Waals surface area contributed by atoms with E-state index in [9.17, 15) is 0 Å². The van der Waals surface area contributed by atoms with Crippen molar-refractivity contribution in [2.45, 2.75) is 0 Å². The molecular formula is C40H25NOS. The van der Waals surface area contributed by atoms with E-state index in [4.69, 9.17) is 4.42 Å². The third-order valence-electron chi connectivity index (χ3n) is 8.46. The molecule has 0 aliphatic carbocycles. The molecule has 0 unspecified atom stereocenters. The van der Waals surface area contributed by atoms with Crippen molar-refractivity contribution in [2.75, 3.05) is 4.90 Å². The first-order valence-corrected chi connectivity index (χ1v) is 15.3. The Morgan fingerprint density at radius 1 is 0.465 bits per heavy atom. The van der Waals surface area contributed by atoms with Crippen molar-refractivity contribution >= 4 is 81.3 Å². The monoisotopic (exact) mass is 567 g/mol. The van der Waals surface area contributed by atoms with Crippen LogP contribution in [0.3, 0.4) is 0 Å². The molecule has 0 saturated heterocycles. The highest BCUT2D eigenvalue weighted by Gasteiger charge is 2.18. The zero-order valence-corrected chi connectivity index (χ0v) is 24.0. The summed E-state index contributed by atoms with van der Waals surface area (Å²) < 4.78 is 8.78. The molecule has 0 aliphatic rings. The number of nitrogens with zero attached hydrogens (tertiary/aromatic N) is 1. The summed E-state index contributed by atoms with van der Waals surface area (Å²) in [5.41, 5.74) is 7.68. The fourth-order valence-corrected chi connectivity index (χ4v) is 7.64. The Morgan fingerprint density at radius 3 is 2.05 bits per heavy atom. The Hall–Kier alpha value is -5.38. The van der Waals surface area contributed by atoms with Gasteiger partial charge in [0.2, 0.25) is 0 Å². The average molecular weight is 568 g/mol. The molecule has 9 rings (SSSR count). The molecule has 2 nitrogen and oxygen atoms in total. The minimum atomic E-state index is 0.925. The lowest BCUT2D eigenvalue weighted by atomic mass is 9.98. The number of fused-ring (bicyclic) bond motifs is 8. The fourth-order valence-electron chi connectivity index (χ4n) is 6.44. The second-order valence-electron chi connectivity index (χ2n) is 10.9. The van der Waals surface area contributed by atoms with Gasteiger partial charge in [0.15, 0.2) is 0 Å². The van der Waals surface area contributed by atoms with E-state index < -0.39 is 0 Å². The number of para-hydroxylation sites is 2. The van der Waals surface area contributed by atoms with Crippen molar-refractivity contribution in [1.29, 1.82) is 0 Å². The molecule has 0 spiro atoms. The highest BCUT2D eigenvalue weighted by molar-refractivity contribution is 7.26. The molecule has 43 heavy (non-hydrogen) atoms. The minimum Gasteiger partial charge on any atom is -0.456 e. The van der Waals surface area contributed by atoms with Crippen molar-refractivity contribution < 1.29 is 4.42 Å². The summed E-state index contributed by atoms with van der Waals surface area (Å²) in [4.78, 5) is 2.38. The number of anilines is 3. The van der Waals surface area contributed by atoms with Gasteiger partial charge in [0.05, 0.1) is 10.4 Å². The largest absolute Gasteiger partial charge is 0.456 e. The van der Waals surface area contributed by atoms with Gasteiger partial charge in [0, 0.05) is 37.6 Å². The van der Waals surface area contributed by atoms with Gasteiger partial charge in [-0.2, -0.15) is 0 Å². The van der Waals surface area contributed by atoms with Crippen LogP contribution >= 0.6 is 11.3 Å². The number of hydrogen-bond donors (Lipinski definition) is 0. The van der Waals surface area contributed by atoms with Crippen molar-refractivity contribution in [2.24, 2.45) is 0 Å². The van der Waals surface area contributed by atoms with E-state index in [0.29, 0.717) is 0 Å². The van der Waals surface area contributed by atoms with Gasteiger partial charge in [0.1, 0.15) is 11.2 Å². The summed E-state index contributed by atoms with van der Waals surface area (Å²) in [6.45, 7) is 0. The van der Waals surface area contributed by atoms with E-state index in [2.05, 4.69) is 144 Å². The summed E-state index contributed by atoms with van der Waals surface area (Å²) in [5.74, 6) is 0. The van der Waals surface area contributed by atoms with Crippen LogP contribution in [0.5, 0.6) is 0 Å². The SMILES string of the molecule is c1ccc(N(c2ccc(-c3ccc4ccc5oc6ccccc6c5c4c3)cc2)c2cccc3c2sc2ccccc23)cc1. The summed E-state index contributed by atoms with van der Waals surface area (Å²) in [7, 11) is 0. The van der Waals surface area contributed by atoms with Gasteiger partial charge in [-0.15, -0.1) is 11.3 Å². The number of rotatable bonds is 4. The molecule has 0 radical (unpaired) electrons. The lowest BCUT2D eigenvalue weighted by Crippen LogP contribution is -2.09. The first-order valence-electron chi connectivity index (χ1n) is 14.5. The van der Waals surface area contributed by atoms with Crippen molar-refractivity contribution in [3.63, 3.8) is 0 Å². The maximum atomic E-state index is 6.18. The van der Waals surface area contributed by atoms with E-state index >= 15 is 0 Å².